The van der Waals surface area contributed by atoms with Crippen LogP contribution in [0.5, 0.6) is 0 Å². The van der Waals surface area contributed by atoms with Gasteiger partial charge in [0.2, 0.25) is 15.9 Å². The largest absolute Gasteiger partial charge is 0.379 e. The Bertz CT molecular complexity index is 959. The third-order valence-corrected chi connectivity index (χ3v) is 6.50. The van der Waals surface area contributed by atoms with Crippen LogP contribution in [0.15, 0.2) is 47.4 Å². The van der Waals surface area contributed by atoms with Crippen LogP contribution in [0, 0.1) is 6.92 Å². The van der Waals surface area contributed by atoms with Crippen molar-refractivity contribution in [1.82, 2.24) is 4.31 Å². The van der Waals surface area contributed by atoms with Gasteiger partial charge in [0.1, 0.15) is 0 Å². The van der Waals surface area contributed by atoms with E-state index in [1.54, 1.807) is 30.3 Å². The number of ether oxygens (including phenoxy) is 1. The molecule has 0 aromatic heterocycles. The predicted molar refractivity (Wildman–Crippen MR) is 109 cm³/mol. The van der Waals surface area contributed by atoms with Crippen molar-refractivity contribution in [3.05, 3.63) is 53.1 Å². The summed E-state index contributed by atoms with van der Waals surface area (Å²) >= 11 is 5.96. The molecule has 3 rings (SSSR count). The van der Waals surface area contributed by atoms with Crippen LogP contribution in [0.25, 0.3) is 0 Å². The van der Waals surface area contributed by atoms with Gasteiger partial charge in [0.05, 0.1) is 24.7 Å². The van der Waals surface area contributed by atoms with Gasteiger partial charge in [-0.2, -0.15) is 4.31 Å². The lowest BCUT2D eigenvalue weighted by Crippen LogP contribution is -2.40. The monoisotopic (exact) mass is 423 g/mol. The van der Waals surface area contributed by atoms with Gasteiger partial charge in [-0.05, 0) is 42.8 Å². The van der Waals surface area contributed by atoms with Gasteiger partial charge in [0.15, 0.2) is 0 Å². The number of carbonyl (C=O) groups is 1. The summed E-state index contributed by atoms with van der Waals surface area (Å²) in [4.78, 5) is 12.4. The number of aryl methyl sites for hydroxylation is 1. The molecular formula is C19H22ClN3O4S. The first kappa shape index (κ1) is 20.6. The van der Waals surface area contributed by atoms with E-state index in [-0.39, 0.29) is 17.3 Å². The number of halogens is 1. The molecule has 0 bridgehead atoms. The molecule has 1 heterocycles. The van der Waals surface area contributed by atoms with Crippen molar-refractivity contribution in [2.45, 2.75) is 11.8 Å². The minimum atomic E-state index is -3.58. The van der Waals surface area contributed by atoms with Crippen molar-refractivity contribution in [2.24, 2.45) is 0 Å². The summed E-state index contributed by atoms with van der Waals surface area (Å²) in [6, 6.07) is 11.7. The van der Waals surface area contributed by atoms with E-state index in [9.17, 15) is 13.2 Å². The van der Waals surface area contributed by atoms with Gasteiger partial charge in [-0.1, -0.05) is 23.7 Å². The van der Waals surface area contributed by atoms with Crippen molar-refractivity contribution < 1.29 is 17.9 Å². The van der Waals surface area contributed by atoms with Crippen LogP contribution in [0.3, 0.4) is 0 Å². The Morgan fingerprint density at radius 2 is 1.93 bits per heavy atom. The van der Waals surface area contributed by atoms with Crippen LogP contribution in [0.4, 0.5) is 11.4 Å². The molecule has 0 radical (unpaired) electrons. The fraction of sp³-hybridized carbons (Fsp3) is 0.316. The second-order valence-electron chi connectivity index (χ2n) is 6.41. The van der Waals surface area contributed by atoms with Crippen molar-refractivity contribution >= 4 is 38.9 Å². The highest BCUT2D eigenvalue weighted by molar-refractivity contribution is 7.89. The lowest BCUT2D eigenvalue weighted by Gasteiger charge is -2.26. The van der Waals surface area contributed by atoms with Gasteiger partial charge >= 0.3 is 0 Å². The molecule has 2 aromatic rings. The molecule has 0 unspecified atom stereocenters. The third-order valence-electron chi connectivity index (χ3n) is 4.37. The summed E-state index contributed by atoms with van der Waals surface area (Å²) in [6.45, 7) is 3.32. The average Bonchev–Trinajstić information content (AvgIpc) is 2.70. The first-order chi connectivity index (χ1) is 13.4. The topological polar surface area (TPSA) is 87.7 Å². The molecule has 1 aliphatic heterocycles. The molecule has 0 saturated carbocycles. The van der Waals surface area contributed by atoms with E-state index in [2.05, 4.69) is 10.6 Å². The smallest absolute Gasteiger partial charge is 0.243 e. The molecule has 0 spiro atoms. The minimum Gasteiger partial charge on any atom is -0.379 e. The Morgan fingerprint density at radius 1 is 1.18 bits per heavy atom. The number of sulfonamides is 1. The number of anilines is 2. The fourth-order valence-electron chi connectivity index (χ4n) is 2.81. The van der Waals surface area contributed by atoms with Crippen LogP contribution < -0.4 is 10.6 Å². The lowest BCUT2D eigenvalue weighted by atomic mass is 10.2. The zero-order valence-corrected chi connectivity index (χ0v) is 17.0. The number of amides is 1. The summed E-state index contributed by atoms with van der Waals surface area (Å²) in [6.07, 6.45) is 0. The molecule has 2 aromatic carbocycles. The van der Waals surface area contributed by atoms with Gasteiger partial charge in [0.25, 0.3) is 0 Å². The second kappa shape index (κ2) is 8.91. The van der Waals surface area contributed by atoms with Crippen molar-refractivity contribution in [1.29, 1.82) is 0 Å². The Labute approximate surface area is 169 Å². The number of carbonyl (C=O) groups excluding carboxylic acids is 1. The molecule has 1 aliphatic rings. The molecule has 2 N–H and O–H groups in total. The quantitative estimate of drug-likeness (QED) is 0.745. The SMILES string of the molecule is Cc1ccc(Cl)cc1NC(=O)CNc1cccc(S(=O)(=O)N2CCOCC2)c1. The molecular weight excluding hydrogens is 402 g/mol. The van der Waals surface area contributed by atoms with Gasteiger partial charge in [0, 0.05) is 29.5 Å². The van der Waals surface area contributed by atoms with Crippen molar-refractivity contribution in [3.8, 4) is 0 Å². The number of morpholine rings is 1. The van der Waals surface area contributed by atoms with Crippen molar-refractivity contribution in [2.75, 3.05) is 43.5 Å². The highest BCUT2D eigenvalue weighted by atomic mass is 35.5. The van der Waals surface area contributed by atoms with E-state index in [1.807, 2.05) is 13.0 Å². The van der Waals surface area contributed by atoms with Gasteiger partial charge < -0.3 is 15.4 Å². The zero-order chi connectivity index (χ0) is 20.1. The highest BCUT2D eigenvalue weighted by Crippen LogP contribution is 2.22. The number of hydrogen-bond donors (Lipinski definition) is 2. The molecule has 28 heavy (non-hydrogen) atoms. The Kier molecular flexibility index (Phi) is 6.56. The maximum atomic E-state index is 12.7. The van der Waals surface area contributed by atoms with E-state index in [1.165, 1.54) is 10.4 Å². The molecule has 1 amide bonds. The van der Waals surface area contributed by atoms with Crippen LogP contribution in [-0.4, -0.2) is 51.5 Å². The van der Waals surface area contributed by atoms with E-state index in [4.69, 9.17) is 16.3 Å². The third kappa shape index (κ3) is 5.02. The van der Waals surface area contributed by atoms with E-state index in [0.717, 1.165) is 5.56 Å². The van der Waals surface area contributed by atoms with Gasteiger partial charge in [-0.3, -0.25) is 4.79 Å². The van der Waals surface area contributed by atoms with Gasteiger partial charge in [-0.25, -0.2) is 8.42 Å². The number of nitrogens with one attached hydrogen (secondary N) is 2. The maximum absolute atomic E-state index is 12.7. The molecule has 9 heteroatoms. The minimum absolute atomic E-state index is 0.00694. The normalized spacial score (nSPS) is 15.2. The number of hydrogen-bond acceptors (Lipinski definition) is 5. The Morgan fingerprint density at radius 3 is 2.68 bits per heavy atom. The molecule has 1 saturated heterocycles. The summed E-state index contributed by atoms with van der Waals surface area (Å²) in [5, 5.41) is 6.29. The summed E-state index contributed by atoms with van der Waals surface area (Å²) < 4.78 is 32.1. The first-order valence-corrected chi connectivity index (χ1v) is 10.7. The summed E-state index contributed by atoms with van der Waals surface area (Å²) in [7, 11) is -3.58. The average molecular weight is 424 g/mol. The standard InChI is InChI=1S/C19H22ClN3O4S/c1-14-5-6-15(20)11-18(14)22-19(24)13-21-16-3-2-4-17(12-16)28(25,26)23-7-9-27-10-8-23/h2-6,11-12,21H,7-10,13H2,1H3,(H,22,24). The zero-order valence-electron chi connectivity index (χ0n) is 15.4. The molecule has 0 aliphatic carbocycles. The Hall–Kier alpha value is -2.13. The van der Waals surface area contributed by atoms with Crippen LogP contribution in [0.1, 0.15) is 5.56 Å². The summed E-state index contributed by atoms with van der Waals surface area (Å²) in [5.41, 5.74) is 2.09. The van der Waals surface area contributed by atoms with E-state index < -0.39 is 10.0 Å². The van der Waals surface area contributed by atoms with E-state index in [0.29, 0.717) is 42.7 Å². The lowest BCUT2D eigenvalue weighted by molar-refractivity contribution is -0.114. The number of rotatable bonds is 6. The highest BCUT2D eigenvalue weighted by Gasteiger charge is 2.26. The van der Waals surface area contributed by atoms with Crippen LogP contribution in [0.2, 0.25) is 5.02 Å². The van der Waals surface area contributed by atoms with E-state index >= 15 is 0 Å². The molecule has 150 valence electrons. The first-order valence-electron chi connectivity index (χ1n) is 8.84. The van der Waals surface area contributed by atoms with Crippen LogP contribution in [-0.2, 0) is 19.6 Å². The predicted octanol–water partition coefficient (Wildman–Crippen LogP) is 2.72. The number of nitrogens with zero attached hydrogens (tertiary/aromatic N) is 1. The summed E-state index contributed by atoms with van der Waals surface area (Å²) in [5.74, 6) is -0.258. The molecule has 1 fully saturated rings. The van der Waals surface area contributed by atoms with Gasteiger partial charge in [-0.15, -0.1) is 0 Å². The molecule has 0 atom stereocenters. The molecule has 7 nitrogen and oxygen atoms in total. The second-order valence-corrected chi connectivity index (χ2v) is 8.78. The fourth-order valence-corrected chi connectivity index (χ4v) is 4.43. The van der Waals surface area contributed by atoms with Crippen molar-refractivity contribution in [3.63, 3.8) is 0 Å². The van der Waals surface area contributed by atoms with Crippen LogP contribution >= 0.6 is 11.6 Å². The Balaban J connectivity index is 1.64. The maximum Gasteiger partial charge on any atom is 0.243 e. The number of benzene rings is 2.